The summed E-state index contributed by atoms with van der Waals surface area (Å²) in [6, 6.07) is 5.76. The molecule has 0 radical (unpaired) electrons. The number of benzene rings is 1. The lowest BCUT2D eigenvalue weighted by Gasteiger charge is -2.14. The van der Waals surface area contributed by atoms with E-state index in [0.717, 1.165) is 23.3 Å². The van der Waals surface area contributed by atoms with Gasteiger partial charge >= 0.3 is 0 Å². The van der Waals surface area contributed by atoms with E-state index < -0.39 is 5.60 Å². The Morgan fingerprint density at radius 1 is 1.46 bits per heavy atom. The average Bonchev–Trinajstić information content (AvgIpc) is 2.84. The Morgan fingerprint density at radius 2 is 2.15 bits per heavy atom. The Morgan fingerprint density at radius 3 is 2.69 bits per heavy atom. The van der Waals surface area contributed by atoms with Crippen molar-refractivity contribution in [2.24, 2.45) is 0 Å². The zero-order valence-corrected chi connectivity index (χ0v) is 8.95. The van der Waals surface area contributed by atoms with Crippen LogP contribution in [0.25, 0.3) is 0 Å². The molecule has 1 nitrogen and oxygen atoms in total. The van der Waals surface area contributed by atoms with Gasteiger partial charge in [-0.15, -0.1) is 11.8 Å². The first-order valence-electron chi connectivity index (χ1n) is 4.23. The maximum absolute atomic E-state index is 10.00. The predicted molar refractivity (Wildman–Crippen MR) is 56.4 cm³/mol. The number of rotatable bonds is 2. The molecule has 0 aliphatic heterocycles. The topological polar surface area (TPSA) is 20.2 Å². The van der Waals surface area contributed by atoms with Crippen LogP contribution in [-0.2, 0) is 5.60 Å². The third kappa shape index (κ3) is 1.58. The van der Waals surface area contributed by atoms with Gasteiger partial charge in [0.15, 0.2) is 0 Å². The van der Waals surface area contributed by atoms with Gasteiger partial charge in [-0.3, -0.25) is 0 Å². The molecule has 1 aliphatic rings. The van der Waals surface area contributed by atoms with Crippen LogP contribution in [0.1, 0.15) is 18.4 Å². The summed E-state index contributed by atoms with van der Waals surface area (Å²) in [7, 11) is 0. The third-order valence-electron chi connectivity index (χ3n) is 2.38. The molecule has 0 atom stereocenters. The van der Waals surface area contributed by atoms with Crippen LogP contribution in [0.2, 0.25) is 5.02 Å². The Bertz CT molecular complexity index is 334. The van der Waals surface area contributed by atoms with Crippen molar-refractivity contribution in [1.29, 1.82) is 0 Å². The molecule has 3 heteroatoms. The van der Waals surface area contributed by atoms with E-state index in [2.05, 4.69) is 0 Å². The lowest BCUT2D eigenvalue weighted by molar-refractivity contribution is 0.148. The minimum Gasteiger partial charge on any atom is -0.385 e. The van der Waals surface area contributed by atoms with Gasteiger partial charge in [-0.1, -0.05) is 17.7 Å². The molecule has 0 spiro atoms. The third-order valence-corrected chi connectivity index (χ3v) is 3.48. The van der Waals surface area contributed by atoms with Crippen molar-refractivity contribution in [3.8, 4) is 0 Å². The van der Waals surface area contributed by atoms with Crippen LogP contribution in [0.15, 0.2) is 23.1 Å². The van der Waals surface area contributed by atoms with E-state index in [1.165, 1.54) is 0 Å². The van der Waals surface area contributed by atoms with Gasteiger partial charge in [0.2, 0.25) is 0 Å². The van der Waals surface area contributed by atoms with E-state index >= 15 is 0 Å². The number of halogens is 1. The molecule has 0 aromatic heterocycles. The van der Waals surface area contributed by atoms with Crippen LogP contribution < -0.4 is 0 Å². The maximum atomic E-state index is 10.00. The highest BCUT2D eigenvalue weighted by atomic mass is 35.5. The quantitative estimate of drug-likeness (QED) is 0.764. The van der Waals surface area contributed by atoms with Gasteiger partial charge in [0, 0.05) is 15.5 Å². The molecule has 0 heterocycles. The molecule has 1 saturated carbocycles. The number of hydrogen-bond donors (Lipinski definition) is 1. The molecule has 1 N–H and O–H groups in total. The zero-order valence-electron chi connectivity index (χ0n) is 7.38. The number of hydrogen-bond acceptors (Lipinski definition) is 2. The second-order valence-corrected chi connectivity index (χ2v) is 4.60. The summed E-state index contributed by atoms with van der Waals surface area (Å²) >= 11 is 7.69. The minimum absolute atomic E-state index is 0.628. The van der Waals surface area contributed by atoms with E-state index in [4.69, 9.17) is 11.6 Å². The molecule has 0 saturated heterocycles. The Labute approximate surface area is 87.1 Å². The van der Waals surface area contributed by atoms with Gasteiger partial charge in [-0.2, -0.15) is 0 Å². The summed E-state index contributed by atoms with van der Waals surface area (Å²) in [5, 5.41) is 10.7. The minimum atomic E-state index is -0.628. The average molecular weight is 215 g/mol. The molecule has 0 unspecified atom stereocenters. The van der Waals surface area contributed by atoms with E-state index in [0.29, 0.717) is 5.02 Å². The van der Waals surface area contributed by atoms with Crippen molar-refractivity contribution in [1.82, 2.24) is 0 Å². The van der Waals surface area contributed by atoms with Crippen molar-refractivity contribution in [3.05, 3.63) is 28.8 Å². The lowest BCUT2D eigenvalue weighted by Crippen LogP contribution is -2.06. The summed E-state index contributed by atoms with van der Waals surface area (Å²) in [5.74, 6) is 0. The van der Waals surface area contributed by atoms with Crippen LogP contribution in [0.4, 0.5) is 0 Å². The summed E-state index contributed by atoms with van der Waals surface area (Å²) in [5.41, 5.74) is 0.292. The monoisotopic (exact) mass is 214 g/mol. The molecule has 13 heavy (non-hydrogen) atoms. The normalized spacial score (nSPS) is 18.7. The summed E-state index contributed by atoms with van der Waals surface area (Å²) in [4.78, 5) is 1.09. The molecular weight excluding hydrogens is 204 g/mol. The van der Waals surface area contributed by atoms with Crippen LogP contribution in [-0.4, -0.2) is 11.4 Å². The summed E-state index contributed by atoms with van der Waals surface area (Å²) in [6.45, 7) is 0. The van der Waals surface area contributed by atoms with E-state index in [-0.39, 0.29) is 0 Å². The van der Waals surface area contributed by atoms with Crippen LogP contribution in [0.3, 0.4) is 0 Å². The highest BCUT2D eigenvalue weighted by Crippen LogP contribution is 2.50. The first kappa shape index (κ1) is 9.38. The molecule has 2 rings (SSSR count). The van der Waals surface area contributed by atoms with Gasteiger partial charge in [0.1, 0.15) is 0 Å². The largest absolute Gasteiger partial charge is 0.385 e. The SMILES string of the molecule is CSc1cccc(Cl)c1C1(O)CC1. The highest BCUT2D eigenvalue weighted by molar-refractivity contribution is 7.98. The van der Waals surface area contributed by atoms with Gasteiger partial charge < -0.3 is 5.11 Å². The Hall–Kier alpha value is -0.180. The first-order chi connectivity index (χ1) is 6.17. The lowest BCUT2D eigenvalue weighted by atomic mass is 10.1. The Balaban J connectivity index is 2.52. The van der Waals surface area contributed by atoms with Gasteiger partial charge in [-0.05, 0) is 31.2 Å². The second kappa shape index (κ2) is 3.19. The fourth-order valence-corrected chi connectivity index (χ4v) is 2.62. The van der Waals surface area contributed by atoms with Crippen molar-refractivity contribution in [2.75, 3.05) is 6.26 Å². The Kier molecular flexibility index (Phi) is 2.30. The van der Waals surface area contributed by atoms with Crippen molar-refractivity contribution < 1.29 is 5.11 Å². The smallest absolute Gasteiger partial charge is 0.0924 e. The number of thioether (sulfide) groups is 1. The molecule has 1 aliphatic carbocycles. The predicted octanol–water partition coefficient (Wildman–Crippen LogP) is 3.04. The standard InChI is InChI=1S/C10H11ClOS/c1-13-8-4-2-3-7(11)9(8)10(12)5-6-10/h2-4,12H,5-6H2,1H3. The second-order valence-electron chi connectivity index (χ2n) is 3.35. The molecule has 1 aromatic rings. The fraction of sp³-hybridized carbons (Fsp3) is 0.400. The molecular formula is C10H11ClOS. The van der Waals surface area contributed by atoms with E-state index in [1.54, 1.807) is 11.8 Å². The molecule has 1 fully saturated rings. The zero-order chi connectivity index (χ0) is 9.47. The molecule has 70 valence electrons. The van der Waals surface area contributed by atoms with Crippen LogP contribution >= 0.6 is 23.4 Å². The van der Waals surface area contributed by atoms with E-state index in [9.17, 15) is 5.11 Å². The van der Waals surface area contributed by atoms with E-state index in [1.807, 2.05) is 24.5 Å². The van der Waals surface area contributed by atoms with Crippen molar-refractivity contribution in [2.45, 2.75) is 23.3 Å². The molecule has 1 aromatic carbocycles. The summed E-state index contributed by atoms with van der Waals surface area (Å²) in [6.07, 6.45) is 3.68. The maximum Gasteiger partial charge on any atom is 0.0924 e. The summed E-state index contributed by atoms with van der Waals surface area (Å²) < 4.78 is 0. The van der Waals surface area contributed by atoms with Gasteiger partial charge in [-0.25, -0.2) is 0 Å². The number of aliphatic hydroxyl groups is 1. The van der Waals surface area contributed by atoms with Gasteiger partial charge in [0.25, 0.3) is 0 Å². The van der Waals surface area contributed by atoms with Crippen molar-refractivity contribution in [3.63, 3.8) is 0 Å². The highest BCUT2D eigenvalue weighted by Gasteiger charge is 2.44. The molecule has 0 amide bonds. The van der Waals surface area contributed by atoms with Crippen LogP contribution in [0, 0.1) is 0 Å². The fourth-order valence-electron chi connectivity index (χ4n) is 1.49. The first-order valence-corrected chi connectivity index (χ1v) is 5.83. The van der Waals surface area contributed by atoms with Crippen LogP contribution in [0.5, 0.6) is 0 Å². The van der Waals surface area contributed by atoms with Crippen molar-refractivity contribution >= 4 is 23.4 Å². The molecule has 0 bridgehead atoms. The van der Waals surface area contributed by atoms with Gasteiger partial charge in [0.05, 0.1) is 5.60 Å².